The summed E-state index contributed by atoms with van der Waals surface area (Å²) in [6.45, 7) is 5.04. The highest BCUT2D eigenvalue weighted by atomic mass is 19.1. The molecule has 1 saturated heterocycles. The first kappa shape index (κ1) is 21.0. The van der Waals surface area contributed by atoms with Crippen LogP contribution in [-0.2, 0) is 22.7 Å². The van der Waals surface area contributed by atoms with Crippen molar-refractivity contribution >= 4 is 11.8 Å². The van der Waals surface area contributed by atoms with Crippen LogP contribution in [0.3, 0.4) is 0 Å². The minimum atomic E-state index is -0.293. The lowest BCUT2D eigenvalue weighted by Gasteiger charge is -2.32. The summed E-state index contributed by atoms with van der Waals surface area (Å²) in [7, 11) is 0. The van der Waals surface area contributed by atoms with Crippen LogP contribution in [0.2, 0.25) is 0 Å². The molecule has 0 saturated carbocycles. The maximum absolute atomic E-state index is 13.4. The van der Waals surface area contributed by atoms with Crippen LogP contribution in [0, 0.1) is 11.7 Å². The molecule has 0 spiro atoms. The molecular weight excluding hydrogens is 373 g/mol. The SMILES string of the molecule is CCN(Cc1cccc(F)c1)C(=O)CN1CCC(C(=O)NCc2ccco2)CC1. The van der Waals surface area contributed by atoms with Crippen LogP contribution in [0.5, 0.6) is 0 Å². The quantitative estimate of drug-likeness (QED) is 0.739. The molecule has 2 heterocycles. The number of carbonyl (C=O) groups is 2. The zero-order chi connectivity index (χ0) is 20.6. The van der Waals surface area contributed by atoms with Crippen molar-refractivity contribution in [3.05, 3.63) is 59.8 Å². The molecular formula is C22H28FN3O3. The predicted octanol–water partition coefficient (Wildman–Crippen LogP) is 2.80. The van der Waals surface area contributed by atoms with E-state index in [1.54, 1.807) is 23.3 Å². The fraction of sp³-hybridized carbons (Fsp3) is 0.455. The van der Waals surface area contributed by atoms with Crippen molar-refractivity contribution in [3.8, 4) is 0 Å². The van der Waals surface area contributed by atoms with E-state index in [1.165, 1.54) is 12.1 Å². The molecule has 2 amide bonds. The van der Waals surface area contributed by atoms with Crippen LogP contribution in [0.25, 0.3) is 0 Å². The summed E-state index contributed by atoms with van der Waals surface area (Å²) in [6.07, 6.45) is 3.05. The van der Waals surface area contributed by atoms with Gasteiger partial charge in [-0.1, -0.05) is 12.1 Å². The van der Waals surface area contributed by atoms with E-state index in [1.807, 2.05) is 19.1 Å². The van der Waals surface area contributed by atoms with Crippen molar-refractivity contribution in [1.82, 2.24) is 15.1 Å². The molecule has 6 nitrogen and oxygen atoms in total. The Morgan fingerprint density at radius 3 is 2.69 bits per heavy atom. The lowest BCUT2D eigenvalue weighted by molar-refractivity contribution is -0.133. The number of rotatable bonds is 8. The average Bonchev–Trinajstić information content (AvgIpc) is 3.24. The standard InChI is InChI=1S/C22H28FN3O3/c1-2-26(15-17-5-3-6-19(23)13-17)21(27)16-25-10-8-18(9-11-25)22(28)24-14-20-7-4-12-29-20/h3-7,12-13,18H,2,8-11,14-16H2,1H3,(H,24,28). The summed E-state index contributed by atoms with van der Waals surface area (Å²) in [4.78, 5) is 28.8. The van der Waals surface area contributed by atoms with E-state index in [0.29, 0.717) is 39.3 Å². The second-order valence-electron chi connectivity index (χ2n) is 7.39. The number of piperidine rings is 1. The maximum atomic E-state index is 13.4. The van der Waals surface area contributed by atoms with Gasteiger partial charge in [-0.25, -0.2) is 4.39 Å². The van der Waals surface area contributed by atoms with Crippen molar-refractivity contribution in [2.75, 3.05) is 26.2 Å². The Morgan fingerprint density at radius 1 is 1.24 bits per heavy atom. The average molecular weight is 401 g/mol. The Bertz CT molecular complexity index is 801. The normalized spacial score (nSPS) is 15.2. The van der Waals surface area contributed by atoms with Crippen molar-refractivity contribution in [3.63, 3.8) is 0 Å². The van der Waals surface area contributed by atoms with Gasteiger partial charge in [0, 0.05) is 19.0 Å². The first-order valence-corrected chi connectivity index (χ1v) is 10.1. The first-order valence-electron chi connectivity index (χ1n) is 10.1. The van der Waals surface area contributed by atoms with Gasteiger partial charge in [0.25, 0.3) is 0 Å². The molecule has 0 radical (unpaired) electrons. The molecule has 0 bridgehead atoms. The Kier molecular flexibility index (Phi) is 7.41. The third-order valence-electron chi connectivity index (χ3n) is 5.33. The smallest absolute Gasteiger partial charge is 0.237 e. The highest BCUT2D eigenvalue weighted by molar-refractivity contribution is 5.79. The minimum Gasteiger partial charge on any atom is -0.467 e. The molecule has 1 aliphatic heterocycles. The summed E-state index contributed by atoms with van der Waals surface area (Å²) in [5, 5.41) is 2.91. The van der Waals surface area contributed by atoms with Gasteiger partial charge in [0.2, 0.25) is 11.8 Å². The monoisotopic (exact) mass is 401 g/mol. The molecule has 29 heavy (non-hydrogen) atoms. The van der Waals surface area contributed by atoms with E-state index in [0.717, 1.165) is 24.2 Å². The van der Waals surface area contributed by atoms with E-state index in [9.17, 15) is 14.0 Å². The van der Waals surface area contributed by atoms with E-state index in [4.69, 9.17) is 4.42 Å². The predicted molar refractivity (Wildman–Crippen MR) is 107 cm³/mol. The van der Waals surface area contributed by atoms with Gasteiger partial charge in [0.15, 0.2) is 0 Å². The lowest BCUT2D eigenvalue weighted by Crippen LogP contribution is -2.45. The topological polar surface area (TPSA) is 65.8 Å². The zero-order valence-corrected chi connectivity index (χ0v) is 16.8. The number of likely N-dealkylation sites (tertiary alicyclic amines) is 1. The number of furan rings is 1. The van der Waals surface area contributed by atoms with Gasteiger partial charge in [-0.2, -0.15) is 0 Å². The molecule has 2 aromatic rings. The third-order valence-corrected chi connectivity index (χ3v) is 5.33. The molecule has 0 atom stereocenters. The summed E-state index contributed by atoms with van der Waals surface area (Å²) >= 11 is 0. The van der Waals surface area contributed by atoms with E-state index >= 15 is 0 Å². The molecule has 1 aliphatic rings. The number of nitrogens with zero attached hydrogens (tertiary/aromatic N) is 2. The third kappa shape index (κ3) is 6.15. The van der Waals surface area contributed by atoms with Gasteiger partial charge in [-0.3, -0.25) is 14.5 Å². The molecule has 0 unspecified atom stereocenters. The van der Waals surface area contributed by atoms with Crippen LogP contribution < -0.4 is 5.32 Å². The van der Waals surface area contributed by atoms with E-state index in [-0.39, 0.29) is 23.5 Å². The molecule has 1 fully saturated rings. The largest absolute Gasteiger partial charge is 0.467 e. The summed E-state index contributed by atoms with van der Waals surface area (Å²) in [6, 6.07) is 9.97. The number of nitrogens with one attached hydrogen (secondary N) is 1. The lowest BCUT2D eigenvalue weighted by atomic mass is 9.96. The van der Waals surface area contributed by atoms with Crippen LogP contribution in [0.4, 0.5) is 4.39 Å². The van der Waals surface area contributed by atoms with Crippen molar-refractivity contribution < 1.29 is 18.4 Å². The number of hydrogen-bond donors (Lipinski definition) is 1. The number of hydrogen-bond acceptors (Lipinski definition) is 4. The fourth-order valence-corrected chi connectivity index (χ4v) is 3.61. The number of benzene rings is 1. The summed E-state index contributed by atoms with van der Waals surface area (Å²) < 4.78 is 18.6. The first-order chi connectivity index (χ1) is 14.0. The molecule has 3 rings (SSSR count). The molecule has 1 aromatic heterocycles. The van der Waals surface area contributed by atoms with E-state index < -0.39 is 0 Å². The number of halogens is 1. The van der Waals surface area contributed by atoms with Gasteiger partial charge < -0.3 is 14.6 Å². The van der Waals surface area contributed by atoms with Crippen LogP contribution in [-0.4, -0.2) is 47.8 Å². The van der Waals surface area contributed by atoms with Gasteiger partial charge >= 0.3 is 0 Å². The van der Waals surface area contributed by atoms with Crippen molar-refractivity contribution in [2.24, 2.45) is 5.92 Å². The van der Waals surface area contributed by atoms with Gasteiger partial charge in [-0.05, 0) is 62.7 Å². The summed E-state index contributed by atoms with van der Waals surface area (Å²) in [5.41, 5.74) is 0.784. The van der Waals surface area contributed by atoms with Gasteiger partial charge in [0.05, 0.1) is 19.4 Å². The molecule has 156 valence electrons. The molecule has 1 aromatic carbocycles. The highest BCUT2D eigenvalue weighted by Crippen LogP contribution is 2.18. The minimum absolute atomic E-state index is 0.0254. The van der Waals surface area contributed by atoms with Crippen molar-refractivity contribution in [2.45, 2.75) is 32.9 Å². The Morgan fingerprint density at radius 2 is 2.03 bits per heavy atom. The van der Waals surface area contributed by atoms with Crippen molar-refractivity contribution in [1.29, 1.82) is 0 Å². The highest BCUT2D eigenvalue weighted by Gasteiger charge is 2.26. The number of carbonyl (C=O) groups excluding carboxylic acids is 2. The van der Waals surface area contributed by atoms with E-state index in [2.05, 4.69) is 10.2 Å². The second kappa shape index (κ2) is 10.2. The molecule has 0 aliphatic carbocycles. The molecule has 1 N–H and O–H groups in total. The maximum Gasteiger partial charge on any atom is 0.237 e. The second-order valence-corrected chi connectivity index (χ2v) is 7.39. The Hall–Kier alpha value is -2.67. The Balaban J connectivity index is 1.42. The fourth-order valence-electron chi connectivity index (χ4n) is 3.61. The molecule has 7 heteroatoms. The number of likely N-dealkylation sites (N-methyl/N-ethyl adjacent to an activating group) is 1. The van der Waals surface area contributed by atoms with Crippen LogP contribution >= 0.6 is 0 Å². The van der Waals surface area contributed by atoms with Gasteiger partial charge in [-0.15, -0.1) is 0 Å². The number of amides is 2. The van der Waals surface area contributed by atoms with Crippen LogP contribution in [0.1, 0.15) is 31.1 Å². The van der Waals surface area contributed by atoms with Crippen LogP contribution in [0.15, 0.2) is 47.1 Å². The van der Waals surface area contributed by atoms with Gasteiger partial charge in [0.1, 0.15) is 11.6 Å². The zero-order valence-electron chi connectivity index (χ0n) is 16.8. The Labute approximate surface area is 170 Å². The summed E-state index contributed by atoms with van der Waals surface area (Å²) in [5.74, 6) is 0.467.